The third-order valence-corrected chi connectivity index (χ3v) is 4.45. The lowest BCUT2D eigenvalue weighted by Gasteiger charge is -2.13. The maximum Gasteiger partial charge on any atom is 0.107 e. The SMILES string of the molecule is CCCNCc1nc2c(s1)CCc1ccccc1-2. The number of aromatic nitrogens is 1. The van der Waals surface area contributed by atoms with Crippen molar-refractivity contribution in [2.24, 2.45) is 0 Å². The molecule has 0 spiro atoms. The number of benzene rings is 1. The number of hydrogen-bond donors (Lipinski definition) is 1. The summed E-state index contributed by atoms with van der Waals surface area (Å²) >= 11 is 1.88. The van der Waals surface area contributed by atoms with Crippen LogP contribution in [0.5, 0.6) is 0 Å². The first-order valence-corrected chi connectivity index (χ1v) is 7.47. The van der Waals surface area contributed by atoms with Crippen molar-refractivity contribution in [3.05, 3.63) is 39.7 Å². The van der Waals surface area contributed by atoms with Crippen molar-refractivity contribution < 1.29 is 0 Å². The van der Waals surface area contributed by atoms with E-state index in [1.54, 1.807) is 0 Å². The fraction of sp³-hybridized carbons (Fsp3) is 0.400. The minimum absolute atomic E-state index is 0.910. The molecular formula is C15H18N2S. The van der Waals surface area contributed by atoms with Crippen LogP contribution in [0.25, 0.3) is 11.3 Å². The second-order valence-electron chi connectivity index (χ2n) is 4.71. The van der Waals surface area contributed by atoms with Gasteiger partial charge < -0.3 is 5.32 Å². The van der Waals surface area contributed by atoms with E-state index in [4.69, 9.17) is 4.98 Å². The molecule has 1 aliphatic carbocycles. The van der Waals surface area contributed by atoms with Gasteiger partial charge in [-0.1, -0.05) is 31.2 Å². The van der Waals surface area contributed by atoms with Crippen LogP contribution in [0.3, 0.4) is 0 Å². The van der Waals surface area contributed by atoms with Gasteiger partial charge in [-0.25, -0.2) is 4.98 Å². The number of nitrogens with zero attached hydrogens (tertiary/aromatic N) is 1. The van der Waals surface area contributed by atoms with E-state index >= 15 is 0 Å². The van der Waals surface area contributed by atoms with Crippen LogP contribution in [0.2, 0.25) is 0 Å². The molecule has 0 saturated heterocycles. The molecule has 1 N–H and O–H groups in total. The largest absolute Gasteiger partial charge is 0.310 e. The van der Waals surface area contributed by atoms with Crippen LogP contribution in [0.4, 0.5) is 0 Å². The second-order valence-corrected chi connectivity index (χ2v) is 5.88. The normalized spacial score (nSPS) is 13.2. The lowest BCUT2D eigenvalue weighted by Crippen LogP contribution is -2.13. The quantitative estimate of drug-likeness (QED) is 0.850. The number of hydrogen-bond acceptors (Lipinski definition) is 3. The molecule has 0 amide bonds. The van der Waals surface area contributed by atoms with Crippen molar-refractivity contribution in [2.75, 3.05) is 6.54 Å². The summed E-state index contributed by atoms with van der Waals surface area (Å²) < 4.78 is 0. The van der Waals surface area contributed by atoms with Gasteiger partial charge in [-0.3, -0.25) is 0 Å². The molecule has 0 saturated carbocycles. The van der Waals surface area contributed by atoms with E-state index in [1.165, 1.54) is 33.1 Å². The van der Waals surface area contributed by atoms with E-state index in [2.05, 4.69) is 36.5 Å². The van der Waals surface area contributed by atoms with Crippen molar-refractivity contribution in [1.82, 2.24) is 10.3 Å². The first-order chi connectivity index (χ1) is 8.88. The third kappa shape index (κ3) is 2.20. The van der Waals surface area contributed by atoms with Gasteiger partial charge >= 0.3 is 0 Å². The zero-order valence-corrected chi connectivity index (χ0v) is 11.5. The Bertz CT molecular complexity index is 545. The van der Waals surface area contributed by atoms with Gasteiger partial charge in [0, 0.05) is 17.0 Å². The first kappa shape index (κ1) is 11.9. The Morgan fingerprint density at radius 3 is 3.06 bits per heavy atom. The van der Waals surface area contributed by atoms with Crippen LogP contribution in [-0.4, -0.2) is 11.5 Å². The molecular weight excluding hydrogens is 240 g/mol. The van der Waals surface area contributed by atoms with Crippen molar-refractivity contribution in [3.8, 4) is 11.3 Å². The van der Waals surface area contributed by atoms with Gasteiger partial charge in [0.05, 0.1) is 5.69 Å². The number of fused-ring (bicyclic) bond motifs is 3. The van der Waals surface area contributed by atoms with Crippen molar-refractivity contribution in [3.63, 3.8) is 0 Å². The Morgan fingerprint density at radius 1 is 1.28 bits per heavy atom. The second kappa shape index (κ2) is 5.21. The minimum Gasteiger partial charge on any atom is -0.310 e. The van der Waals surface area contributed by atoms with Crippen LogP contribution in [0.1, 0.15) is 28.8 Å². The van der Waals surface area contributed by atoms with Crippen LogP contribution in [-0.2, 0) is 19.4 Å². The zero-order chi connectivity index (χ0) is 12.4. The Hall–Kier alpha value is -1.19. The van der Waals surface area contributed by atoms with Crippen molar-refractivity contribution in [1.29, 1.82) is 0 Å². The molecule has 1 aliphatic rings. The number of rotatable bonds is 4. The standard InChI is InChI=1S/C15H18N2S/c1-2-9-16-10-14-17-15-12-6-4-3-5-11(12)7-8-13(15)18-14/h3-6,16H,2,7-10H2,1H3. The molecule has 1 aromatic carbocycles. The van der Waals surface area contributed by atoms with Crippen LogP contribution in [0, 0.1) is 0 Å². The van der Waals surface area contributed by atoms with E-state index in [1.807, 2.05) is 11.3 Å². The highest BCUT2D eigenvalue weighted by Crippen LogP contribution is 2.35. The Kier molecular flexibility index (Phi) is 3.43. The molecule has 1 aromatic heterocycles. The topological polar surface area (TPSA) is 24.9 Å². The summed E-state index contributed by atoms with van der Waals surface area (Å²) in [6.45, 7) is 4.17. The van der Waals surface area contributed by atoms with Gasteiger partial charge in [0.2, 0.25) is 0 Å². The molecule has 1 heterocycles. The van der Waals surface area contributed by atoms with Crippen LogP contribution >= 0.6 is 11.3 Å². The monoisotopic (exact) mass is 258 g/mol. The van der Waals surface area contributed by atoms with Crippen LogP contribution in [0.15, 0.2) is 24.3 Å². The summed E-state index contributed by atoms with van der Waals surface area (Å²) in [4.78, 5) is 6.28. The van der Waals surface area contributed by atoms with Gasteiger partial charge in [-0.15, -0.1) is 11.3 Å². The smallest absolute Gasteiger partial charge is 0.107 e. The number of thiazole rings is 1. The predicted molar refractivity (Wildman–Crippen MR) is 77.0 cm³/mol. The number of aryl methyl sites for hydroxylation is 2. The average Bonchev–Trinajstić information content (AvgIpc) is 2.82. The molecule has 2 aromatic rings. The summed E-state index contributed by atoms with van der Waals surface area (Å²) in [5.41, 5.74) is 4.02. The van der Waals surface area contributed by atoms with E-state index in [9.17, 15) is 0 Å². The fourth-order valence-corrected chi connectivity index (χ4v) is 3.50. The highest BCUT2D eigenvalue weighted by Gasteiger charge is 2.19. The highest BCUT2D eigenvalue weighted by atomic mass is 32.1. The Labute approximate surface area is 112 Å². The Morgan fingerprint density at radius 2 is 2.17 bits per heavy atom. The van der Waals surface area contributed by atoms with E-state index in [-0.39, 0.29) is 0 Å². The lowest BCUT2D eigenvalue weighted by atomic mass is 9.94. The van der Waals surface area contributed by atoms with E-state index in [0.717, 1.165) is 25.9 Å². The van der Waals surface area contributed by atoms with Crippen LogP contribution < -0.4 is 5.32 Å². The summed E-state index contributed by atoms with van der Waals surface area (Å²) in [6, 6.07) is 8.67. The maximum atomic E-state index is 4.82. The summed E-state index contributed by atoms with van der Waals surface area (Å²) in [5.74, 6) is 0. The molecule has 94 valence electrons. The summed E-state index contributed by atoms with van der Waals surface area (Å²) in [7, 11) is 0. The highest BCUT2D eigenvalue weighted by molar-refractivity contribution is 7.12. The molecule has 0 radical (unpaired) electrons. The lowest BCUT2D eigenvalue weighted by molar-refractivity contribution is 0.673. The van der Waals surface area contributed by atoms with Crippen molar-refractivity contribution in [2.45, 2.75) is 32.7 Å². The fourth-order valence-electron chi connectivity index (χ4n) is 2.45. The molecule has 0 unspecified atom stereocenters. The molecule has 18 heavy (non-hydrogen) atoms. The van der Waals surface area contributed by atoms with Gasteiger partial charge in [0.15, 0.2) is 0 Å². The first-order valence-electron chi connectivity index (χ1n) is 6.66. The molecule has 0 bridgehead atoms. The van der Waals surface area contributed by atoms with Gasteiger partial charge in [-0.2, -0.15) is 0 Å². The van der Waals surface area contributed by atoms with Gasteiger partial charge in [0.1, 0.15) is 5.01 Å². The Balaban J connectivity index is 1.87. The van der Waals surface area contributed by atoms with E-state index < -0.39 is 0 Å². The third-order valence-electron chi connectivity index (χ3n) is 3.34. The van der Waals surface area contributed by atoms with Gasteiger partial charge in [-0.05, 0) is 31.4 Å². The zero-order valence-electron chi connectivity index (χ0n) is 10.7. The average molecular weight is 258 g/mol. The summed E-state index contributed by atoms with van der Waals surface area (Å²) in [6.07, 6.45) is 3.49. The molecule has 0 atom stereocenters. The molecule has 3 rings (SSSR count). The van der Waals surface area contributed by atoms with Gasteiger partial charge in [0.25, 0.3) is 0 Å². The predicted octanol–water partition coefficient (Wildman–Crippen LogP) is 3.41. The molecule has 2 nitrogen and oxygen atoms in total. The molecule has 3 heteroatoms. The molecule has 0 aliphatic heterocycles. The number of nitrogens with one attached hydrogen (secondary N) is 1. The maximum absolute atomic E-state index is 4.82. The van der Waals surface area contributed by atoms with Crippen molar-refractivity contribution >= 4 is 11.3 Å². The summed E-state index contributed by atoms with van der Waals surface area (Å²) in [5, 5.41) is 4.66. The van der Waals surface area contributed by atoms with E-state index in [0.29, 0.717) is 0 Å². The molecule has 0 fully saturated rings. The minimum atomic E-state index is 0.910.